The first kappa shape index (κ1) is 29.1. The van der Waals surface area contributed by atoms with Crippen LogP contribution in [0.15, 0.2) is 6.20 Å². The van der Waals surface area contributed by atoms with E-state index in [2.05, 4.69) is 28.8 Å². The normalized spacial score (nSPS) is 11.4. The second kappa shape index (κ2) is 18.1. The van der Waals surface area contributed by atoms with Crippen LogP contribution < -0.4 is 11.5 Å². The van der Waals surface area contributed by atoms with Crippen LogP contribution in [-0.4, -0.2) is 24.5 Å². The lowest BCUT2D eigenvalue weighted by atomic mass is 10.0. The molecule has 0 atom stereocenters. The summed E-state index contributed by atoms with van der Waals surface area (Å²) in [5.41, 5.74) is 12.7. The van der Waals surface area contributed by atoms with Gasteiger partial charge in [0.05, 0.1) is 5.69 Å². The highest BCUT2D eigenvalue weighted by Gasteiger charge is 2.13. The van der Waals surface area contributed by atoms with Gasteiger partial charge in [-0.05, 0) is 19.3 Å². The molecule has 0 spiro atoms. The Kier molecular flexibility index (Phi) is 15.1. The summed E-state index contributed by atoms with van der Waals surface area (Å²) in [5, 5.41) is 0. The average Bonchev–Trinajstić information content (AvgIpc) is 3.24. The average molecular weight is 486 g/mol. The van der Waals surface area contributed by atoms with Crippen LogP contribution in [-0.2, 0) is 12.8 Å². The molecule has 35 heavy (non-hydrogen) atoms. The third-order valence-corrected chi connectivity index (χ3v) is 6.74. The maximum atomic E-state index is 5.81. The lowest BCUT2D eigenvalue weighted by molar-refractivity contribution is 0.531. The summed E-state index contributed by atoms with van der Waals surface area (Å²) in [6, 6.07) is 0. The molecule has 0 bridgehead atoms. The quantitative estimate of drug-likeness (QED) is 0.179. The minimum atomic E-state index is 0.145. The first-order chi connectivity index (χ1) is 17.1. The van der Waals surface area contributed by atoms with Gasteiger partial charge in [0.25, 0.3) is 0 Å². The number of nitrogens with zero attached hydrogens (tertiary/aromatic N) is 5. The minimum Gasteiger partial charge on any atom is -0.368 e. The Hall–Kier alpha value is -2.18. The maximum absolute atomic E-state index is 5.81. The van der Waals surface area contributed by atoms with E-state index in [-0.39, 0.29) is 11.9 Å². The lowest BCUT2D eigenvalue weighted by Crippen LogP contribution is -2.10. The Morgan fingerprint density at radius 2 is 0.971 bits per heavy atom. The van der Waals surface area contributed by atoms with Gasteiger partial charge < -0.3 is 11.5 Å². The van der Waals surface area contributed by atoms with Crippen molar-refractivity contribution in [2.75, 3.05) is 11.5 Å². The van der Waals surface area contributed by atoms with Gasteiger partial charge in [0.2, 0.25) is 17.8 Å². The highest BCUT2D eigenvalue weighted by atomic mass is 15.3. The van der Waals surface area contributed by atoms with E-state index in [1.807, 2.05) is 10.8 Å². The molecule has 0 unspecified atom stereocenters. The monoisotopic (exact) mass is 485 g/mol. The number of unbranched alkanes of at least 4 members (excludes halogenated alkanes) is 16. The van der Waals surface area contributed by atoms with E-state index in [4.69, 9.17) is 16.5 Å². The maximum Gasteiger partial charge on any atom is 0.241 e. The Balaban J connectivity index is 1.65. The molecular formula is C28H51N7. The van der Waals surface area contributed by atoms with Gasteiger partial charge in [0.15, 0.2) is 0 Å². The van der Waals surface area contributed by atoms with E-state index in [1.165, 1.54) is 103 Å². The molecule has 0 aliphatic rings. The van der Waals surface area contributed by atoms with Crippen molar-refractivity contribution < 1.29 is 0 Å². The smallest absolute Gasteiger partial charge is 0.241 e. The van der Waals surface area contributed by atoms with Crippen molar-refractivity contribution in [2.45, 2.75) is 142 Å². The third kappa shape index (κ3) is 12.4. The number of aromatic nitrogens is 5. The Morgan fingerprint density at radius 3 is 1.49 bits per heavy atom. The lowest BCUT2D eigenvalue weighted by Gasteiger charge is -2.07. The van der Waals surface area contributed by atoms with Crippen molar-refractivity contribution in [3.8, 4) is 5.95 Å². The van der Waals surface area contributed by atoms with Crippen LogP contribution in [0, 0.1) is 0 Å². The van der Waals surface area contributed by atoms with Crippen LogP contribution >= 0.6 is 0 Å². The molecule has 2 rings (SSSR count). The van der Waals surface area contributed by atoms with Crippen molar-refractivity contribution in [3.63, 3.8) is 0 Å². The van der Waals surface area contributed by atoms with Crippen molar-refractivity contribution in [2.24, 2.45) is 0 Å². The van der Waals surface area contributed by atoms with E-state index < -0.39 is 0 Å². The zero-order valence-electron chi connectivity index (χ0n) is 22.6. The number of hydrogen-bond donors (Lipinski definition) is 2. The molecule has 0 radical (unpaired) electrons. The molecule has 4 N–H and O–H groups in total. The summed E-state index contributed by atoms with van der Waals surface area (Å²) < 4.78 is 1.96. The summed E-state index contributed by atoms with van der Waals surface area (Å²) in [6.45, 7) is 4.50. The van der Waals surface area contributed by atoms with Gasteiger partial charge in [0, 0.05) is 12.6 Å². The molecule has 0 aromatic carbocycles. The van der Waals surface area contributed by atoms with Crippen LogP contribution in [0.4, 0.5) is 11.9 Å². The number of aryl methyl sites for hydroxylation is 2. The van der Waals surface area contributed by atoms with Crippen molar-refractivity contribution >= 4 is 11.9 Å². The molecule has 7 nitrogen and oxygen atoms in total. The molecule has 0 aliphatic heterocycles. The zero-order valence-corrected chi connectivity index (χ0v) is 22.6. The molecule has 2 aromatic heterocycles. The van der Waals surface area contributed by atoms with Gasteiger partial charge in [-0.1, -0.05) is 117 Å². The number of anilines is 2. The first-order valence-electron chi connectivity index (χ1n) is 14.5. The largest absolute Gasteiger partial charge is 0.368 e. The Bertz CT molecular complexity index is 782. The Morgan fingerprint density at radius 1 is 0.543 bits per heavy atom. The van der Waals surface area contributed by atoms with E-state index in [1.54, 1.807) is 0 Å². The number of imidazole rings is 1. The fourth-order valence-electron chi connectivity index (χ4n) is 4.66. The molecule has 7 heteroatoms. The SMILES string of the molecule is CCCCCCCCCCCCCCCCCc1nc(CCCCC)cn1-c1nc(N)nc(N)n1. The second-order valence-corrected chi connectivity index (χ2v) is 10.0. The zero-order chi connectivity index (χ0) is 25.1. The molecule has 198 valence electrons. The van der Waals surface area contributed by atoms with E-state index >= 15 is 0 Å². The topological polar surface area (TPSA) is 109 Å². The Labute approximate surface area is 213 Å². The van der Waals surface area contributed by atoms with Crippen molar-refractivity contribution in [3.05, 3.63) is 17.7 Å². The summed E-state index contributed by atoms with van der Waals surface area (Å²) in [6.07, 6.45) is 28.0. The summed E-state index contributed by atoms with van der Waals surface area (Å²) >= 11 is 0. The fourth-order valence-corrected chi connectivity index (χ4v) is 4.66. The predicted molar refractivity (Wildman–Crippen MR) is 148 cm³/mol. The highest BCUT2D eigenvalue weighted by Crippen LogP contribution is 2.17. The highest BCUT2D eigenvalue weighted by molar-refractivity contribution is 5.32. The molecule has 0 aliphatic carbocycles. The van der Waals surface area contributed by atoms with Crippen LogP contribution in [0.2, 0.25) is 0 Å². The van der Waals surface area contributed by atoms with Gasteiger partial charge in [0.1, 0.15) is 5.82 Å². The van der Waals surface area contributed by atoms with Crippen LogP contribution in [0.5, 0.6) is 0 Å². The summed E-state index contributed by atoms with van der Waals surface area (Å²) in [4.78, 5) is 17.4. The molecule has 2 aromatic rings. The molecule has 0 saturated carbocycles. The molecule has 0 saturated heterocycles. The van der Waals surface area contributed by atoms with Crippen LogP contribution in [0.1, 0.15) is 141 Å². The van der Waals surface area contributed by atoms with Gasteiger partial charge in [-0.3, -0.25) is 4.57 Å². The van der Waals surface area contributed by atoms with E-state index in [9.17, 15) is 0 Å². The third-order valence-electron chi connectivity index (χ3n) is 6.74. The van der Waals surface area contributed by atoms with Gasteiger partial charge in [-0.2, -0.15) is 15.0 Å². The van der Waals surface area contributed by atoms with E-state index in [0.29, 0.717) is 5.95 Å². The number of nitrogens with two attached hydrogens (primary N) is 2. The molecule has 2 heterocycles. The van der Waals surface area contributed by atoms with Crippen molar-refractivity contribution in [1.82, 2.24) is 24.5 Å². The standard InChI is InChI=1S/C28H51N7/c1-3-5-7-8-9-10-11-12-13-14-15-16-17-18-20-22-25-31-24(21-19-6-4-2)23-35(25)28-33-26(29)32-27(30)34-28/h23H,3-22H2,1-2H3,(H4,29,30,32,33,34). The van der Waals surface area contributed by atoms with Gasteiger partial charge in [-0.15, -0.1) is 0 Å². The number of nitrogen functional groups attached to an aromatic ring is 2. The van der Waals surface area contributed by atoms with Gasteiger partial charge in [-0.25, -0.2) is 4.98 Å². The van der Waals surface area contributed by atoms with Gasteiger partial charge >= 0.3 is 0 Å². The molecular weight excluding hydrogens is 434 g/mol. The molecule has 0 fully saturated rings. The minimum absolute atomic E-state index is 0.145. The van der Waals surface area contributed by atoms with Crippen LogP contribution in [0.3, 0.4) is 0 Å². The number of hydrogen-bond acceptors (Lipinski definition) is 6. The van der Waals surface area contributed by atoms with Crippen molar-refractivity contribution in [1.29, 1.82) is 0 Å². The number of rotatable bonds is 21. The summed E-state index contributed by atoms with van der Waals surface area (Å²) in [7, 11) is 0. The predicted octanol–water partition coefficient (Wildman–Crippen LogP) is 7.37. The fraction of sp³-hybridized carbons (Fsp3) is 0.786. The first-order valence-corrected chi connectivity index (χ1v) is 14.5. The summed E-state index contributed by atoms with van der Waals surface area (Å²) in [5.74, 6) is 1.76. The molecule has 0 amide bonds. The van der Waals surface area contributed by atoms with Crippen LogP contribution in [0.25, 0.3) is 5.95 Å². The van der Waals surface area contributed by atoms with E-state index in [0.717, 1.165) is 37.2 Å². The second-order valence-electron chi connectivity index (χ2n) is 10.0.